The highest BCUT2D eigenvalue weighted by Crippen LogP contribution is 2.07. The van der Waals surface area contributed by atoms with Crippen molar-refractivity contribution in [3.8, 4) is 0 Å². The third-order valence-corrected chi connectivity index (χ3v) is 1.98. The van der Waals surface area contributed by atoms with Gasteiger partial charge in [-0.05, 0) is 20.8 Å². The number of hydrogen-bond acceptors (Lipinski definition) is 4. The topological polar surface area (TPSA) is 41.6 Å². The Morgan fingerprint density at radius 3 is 2.43 bits per heavy atom. The van der Waals surface area contributed by atoms with Crippen LogP contribution in [0.1, 0.15) is 20.8 Å². The maximum absolute atomic E-state index is 11.4. The summed E-state index contributed by atoms with van der Waals surface area (Å²) in [6, 6.07) is 0. The lowest BCUT2D eigenvalue weighted by Crippen LogP contribution is -2.46. The number of rotatable bonds is 2. The van der Waals surface area contributed by atoms with Crippen LogP contribution in [0.4, 0.5) is 0 Å². The zero-order chi connectivity index (χ0) is 10.6. The van der Waals surface area contributed by atoms with Gasteiger partial charge in [-0.2, -0.15) is 0 Å². The lowest BCUT2D eigenvalue weighted by Gasteiger charge is -2.28. The van der Waals surface area contributed by atoms with E-state index >= 15 is 0 Å². The molecule has 0 spiro atoms. The van der Waals surface area contributed by atoms with E-state index in [4.69, 9.17) is 4.74 Å². The molecule has 0 bridgehead atoms. The Labute approximate surface area is 85.6 Å². The standard InChI is InChI=1S/C10H20N2O2/c1-10(2,3)14-9(13)8-12-6-4-11-5-7-12/h11H,4-8H2,1-3H3. The van der Waals surface area contributed by atoms with E-state index in [9.17, 15) is 4.79 Å². The molecule has 0 saturated carbocycles. The number of esters is 1. The van der Waals surface area contributed by atoms with Crippen LogP contribution in [-0.2, 0) is 9.53 Å². The second kappa shape index (κ2) is 4.75. The molecule has 0 unspecified atom stereocenters. The van der Waals surface area contributed by atoms with Crippen molar-refractivity contribution in [3.63, 3.8) is 0 Å². The van der Waals surface area contributed by atoms with Crippen LogP contribution in [0.2, 0.25) is 0 Å². The van der Waals surface area contributed by atoms with Crippen molar-refractivity contribution in [2.75, 3.05) is 32.7 Å². The number of hydrogen-bond donors (Lipinski definition) is 1. The van der Waals surface area contributed by atoms with Gasteiger partial charge in [0.1, 0.15) is 5.60 Å². The van der Waals surface area contributed by atoms with Crippen LogP contribution in [0.5, 0.6) is 0 Å². The van der Waals surface area contributed by atoms with Crippen LogP contribution in [0.15, 0.2) is 0 Å². The van der Waals surface area contributed by atoms with Crippen LogP contribution in [0.3, 0.4) is 0 Å². The summed E-state index contributed by atoms with van der Waals surface area (Å²) in [5.74, 6) is -0.126. The van der Waals surface area contributed by atoms with E-state index < -0.39 is 0 Å². The van der Waals surface area contributed by atoms with Gasteiger partial charge in [-0.25, -0.2) is 0 Å². The van der Waals surface area contributed by atoms with Crippen molar-refractivity contribution in [1.29, 1.82) is 0 Å². The van der Waals surface area contributed by atoms with Gasteiger partial charge in [0.15, 0.2) is 0 Å². The van der Waals surface area contributed by atoms with Gasteiger partial charge in [-0.3, -0.25) is 9.69 Å². The Hall–Kier alpha value is -0.610. The maximum Gasteiger partial charge on any atom is 0.320 e. The second-order valence-electron chi connectivity index (χ2n) is 4.61. The summed E-state index contributed by atoms with van der Waals surface area (Å²) >= 11 is 0. The summed E-state index contributed by atoms with van der Waals surface area (Å²) in [6.07, 6.45) is 0. The highest BCUT2D eigenvalue weighted by molar-refractivity contribution is 5.72. The first-order valence-electron chi connectivity index (χ1n) is 5.12. The van der Waals surface area contributed by atoms with E-state index in [1.165, 1.54) is 0 Å². The molecule has 1 N–H and O–H groups in total. The quantitative estimate of drug-likeness (QED) is 0.648. The average Bonchev–Trinajstić information content (AvgIpc) is 2.02. The normalized spacial score (nSPS) is 19.4. The highest BCUT2D eigenvalue weighted by Gasteiger charge is 2.19. The monoisotopic (exact) mass is 200 g/mol. The van der Waals surface area contributed by atoms with Crippen LogP contribution in [0.25, 0.3) is 0 Å². The van der Waals surface area contributed by atoms with Gasteiger partial charge in [-0.15, -0.1) is 0 Å². The molecular formula is C10H20N2O2. The molecule has 1 fully saturated rings. The molecule has 0 radical (unpaired) electrons. The number of carbonyl (C=O) groups excluding carboxylic acids is 1. The Balaban J connectivity index is 2.25. The largest absolute Gasteiger partial charge is 0.459 e. The van der Waals surface area contributed by atoms with Gasteiger partial charge >= 0.3 is 5.97 Å². The third kappa shape index (κ3) is 4.58. The van der Waals surface area contributed by atoms with Crippen molar-refractivity contribution in [1.82, 2.24) is 10.2 Å². The fraction of sp³-hybridized carbons (Fsp3) is 0.900. The third-order valence-electron chi connectivity index (χ3n) is 1.98. The molecule has 0 aromatic carbocycles. The van der Waals surface area contributed by atoms with Crippen LogP contribution in [0, 0.1) is 0 Å². The second-order valence-corrected chi connectivity index (χ2v) is 4.61. The molecule has 0 aromatic heterocycles. The first kappa shape index (κ1) is 11.5. The van der Waals surface area contributed by atoms with E-state index in [2.05, 4.69) is 10.2 Å². The SMILES string of the molecule is CC(C)(C)OC(=O)CN1CCNCC1. The highest BCUT2D eigenvalue weighted by atomic mass is 16.6. The molecular weight excluding hydrogens is 180 g/mol. The molecule has 14 heavy (non-hydrogen) atoms. The number of piperazine rings is 1. The lowest BCUT2D eigenvalue weighted by atomic mass is 10.2. The molecule has 0 aliphatic carbocycles. The van der Waals surface area contributed by atoms with Gasteiger partial charge in [0.05, 0.1) is 6.54 Å². The molecule has 0 atom stereocenters. The first-order valence-corrected chi connectivity index (χ1v) is 5.12. The predicted molar refractivity (Wildman–Crippen MR) is 55.2 cm³/mol. The minimum Gasteiger partial charge on any atom is -0.459 e. The van der Waals surface area contributed by atoms with Crippen molar-refractivity contribution in [2.24, 2.45) is 0 Å². The van der Waals surface area contributed by atoms with E-state index in [1.807, 2.05) is 20.8 Å². The molecule has 0 amide bonds. The van der Waals surface area contributed by atoms with E-state index in [0.29, 0.717) is 6.54 Å². The molecule has 1 aliphatic rings. The zero-order valence-corrected chi connectivity index (χ0v) is 9.30. The average molecular weight is 200 g/mol. The number of ether oxygens (including phenoxy) is 1. The molecule has 0 aromatic rings. The summed E-state index contributed by atoms with van der Waals surface area (Å²) in [7, 11) is 0. The number of nitrogens with zero attached hydrogens (tertiary/aromatic N) is 1. The fourth-order valence-corrected chi connectivity index (χ4v) is 1.43. The lowest BCUT2D eigenvalue weighted by molar-refractivity contribution is -0.156. The minimum absolute atomic E-state index is 0.126. The minimum atomic E-state index is -0.370. The van der Waals surface area contributed by atoms with E-state index in [-0.39, 0.29) is 11.6 Å². The van der Waals surface area contributed by atoms with Crippen molar-refractivity contribution >= 4 is 5.97 Å². The molecule has 1 aliphatic heterocycles. The summed E-state index contributed by atoms with van der Waals surface area (Å²) < 4.78 is 5.24. The number of nitrogens with one attached hydrogen (secondary N) is 1. The summed E-state index contributed by atoms with van der Waals surface area (Å²) in [4.78, 5) is 13.6. The van der Waals surface area contributed by atoms with Gasteiger partial charge in [0.2, 0.25) is 0 Å². The molecule has 1 rings (SSSR count). The number of carbonyl (C=O) groups is 1. The summed E-state index contributed by atoms with van der Waals surface area (Å²) in [5.41, 5.74) is -0.370. The fourth-order valence-electron chi connectivity index (χ4n) is 1.43. The molecule has 82 valence electrons. The van der Waals surface area contributed by atoms with Crippen LogP contribution < -0.4 is 5.32 Å². The predicted octanol–water partition coefficient (Wildman–Crippen LogP) is 0.233. The van der Waals surface area contributed by atoms with Crippen molar-refractivity contribution < 1.29 is 9.53 Å². The Kier molecular flexibility index (Phi) is 3.89. The Morgan fingerprint density at radius 1 is 1.36 bits per heavy atom. The van der Waals surface area contributed by atoms with E-state index in [0.717, 1.165) is 26.2 Å². The van der Waals surface area contributed by atoms with Gasteiger partial charge < -0.3 is 10.1 Å². The molecule has 4 nitrogen and oxygen atoms in total. The molecule has 1 heterocycles. The Morgan fingerprint density at radius 2 is 1.93 bits per heavy atom. The van der Waals surface area contributed by atoms with Gasteiger partial charge in [-0.1, -0.05) is 0 Å². The van der Waals surface area contributed by atoms with Crippen molar-refractivity contribution in [2.45, 2.75) is 26.4 Å². The van der Waals surface area contributed by atoms with E-state index in [1.54, 1.807) is 0 Å². The van der Waals surface area contributed by atoms with Crippen molar-refractivity contribution in [3.05, 3.63) is 0 Å². The van der Waals surface area contributed by atoms with Crippen LogP contribution in [-0.4, -0.2) is 49.2 Å². The summed E-state index contributed by atoms with van der Waals surface area (Å²) in [6.45, 7) is 9.87. The smallest absolute Gasteiger partial charge is 0.320 e. The first-order chi connectivity index (χ1) is 6.47. The zero-order valence-electron chi connectivity index (χ0n) is 9.30. The molecule has 4 heteroatoms. The van der Waals surface area contributed by atoms with Gasteiger partial charge in [0, 0.05) is 26.2 Å². The Bertz CT molecular complexity index is 193. The van der Waals surface area contributed by atoms with Gasteiger partial charge in [0.25, 0.3) is 0 Å². The van der Waals surface area contributed by atoms with Crippen LogP contribution >= 0.6 is 0 Å². The molecule has 1 saturated heterocycles. The maximum atomic E-state index is 11.4. The summed E-state index contributed by atoms with van der Waals surface area (Å²) in [5, 5.41) is 3.24.